The number of esters is 1. The molecule has 9 heteroatoms. The average Bonchev–Trinajstić information content (AvgIpc) is 3.55. The van der Waals surface area contributed by atoms with E-state index in [1.165, 1.54) is 29.8 Å². The fourth-order valence-corrected chi connectivity index (χ4v) is 6.06. The molecule has 1 aliphatic heterocycles. The summed E-state index contributed by atoms with van der Waals surface area (Å²) in [6, 6.07) is 18.6. The molecule has 0 saturated carbocycles. The Labute approximate surface area is 221 Å². The SMILES string of the molecule is COC(=O)C1=C(C)N=c2s/c(=C\c3ccc(OCc4ccccc4)c(OC)c3)c(=O)n2C1c1cccs1. The number of allylic oxidation sites excluding steroid dienone is 1. The van der Waals surface area contributed by atoms with Crippen molar-refractivity contribution in [3.63, 3.8) is 0 Å². The van der Waals surface area contributed by atoms with Crippen molar-refractivity contribution in [1.82, 2.24) is 4.57 Å². The smallest absolute Gasteiger partial charge is 0.338 e. The van der Waals surface area contributed by atoms with Crippen molar-refractivity contribution in [2.75, 3.05) is 14.2 Å². The molecule has 0 aliphatic carbocycles. The van der Waals surface area contributed by atoms with Crippen LogP contribution in [0.15, 0.2) is 87.1 Å². The van der Waals surface area contributed by atoms with Gasteiger partial charge < -0.3 is 14.2 Å². The third-order valence-corrected chi connectivity index (χ3v) is 7.87. The molecular formula is C28H24N2O5S2. The molecule has 0 radical (unpaired) electrons. The Morgan fingerprint density at radius 2 is 1.89 bits per heavy atom. The zero-order chi connectivity index (χ0) is 25.9. The maximum atomic E-state index is 13.6. The quantitative estimate of drug-likeness (QED) is 0.336. The van der Waals surface area contributed by atoms with Crippen molar-refractivity contribution in [2.45, 2.75) is 19.6 Å². The first-order chi connectivity index (χ1) is 18.0. The van der Waals surface area contributed by atoms with Gasteiger partial charge in [-0.15, -0.1) is 11.3 Å². The summed E-state index contributed by atoms with van der Waals surface area (Å²) in [5.74, 6) is 0.684. The maximum Gasteiger partial charge on any atom is 0.338 e. The van der Waals surface area contributed by atoms with Crippen molar-refractivity contribution < 1.29 is 19.0 Å². The van der Waals surface area contributed by atoms with Gasteiger partial charge in [-0.25, -0.2) is 9.79 Å². The maximum absolute atomic E-state index is 13.6. The Hall–Kier alpha value is -3.95. The van der Waals surface area contributed by atoms with E-state index in [9.17, 15) is 9.59 Å². The minimum atomic E-state index is -0.589. The molecule has 7 nitrogen and oxygen atoms in total. The molecule has 0 saturated heterocycles. The number of thiophene rings is 1. The first kappa shape index (κ1) is 24.7. The lowest BCUT2D eigenvalue weighted by Gasteiger charge is -2.22. The number of nitrogens with zero attached hydrogens (tertiary/aromatic N) is 2. The Morgan fingerprint density at radius 3 is 2.59 bits per heavy atom. The van der Waals surface area contributed by atoms with Crippen LogP contribution in [-0.2, 0) is 16.1 Å². The summed E-state index contributed by atoms with van der Waals surface area (Å²) in [5, 5.41) is 1.92. The monoisotopic (exact) mass is 532 g/mol. The second-order valence-electron chi connectivity index (χ2n) is 8.27. The van der Waals surface area contributed by atoms with Gasteiger partial charge in [-0.2, -0.15) is 0 Å². The summed E-state index contributed by atoms with van der Waals surface area (Å²) in [6.45, 7) is 2.18. The number of aromatic nitrogens is 1. The molecule has 0 bridgehead atoms. The lowest BCUT2D eigenvalue weighted by molar-refractivity contribution is -0.136. The van der Waals surface area contributed by atoms with Gasteiger partial charge in [0.25, 0.3) is 5.56 Å². The van der Waals surface area contributed by atoms with Gasteiger partial charge in [-0.3, -0.25) is 9.36 Å². The number of carbonyl (C=O) groups excluding carboxylic acids is 1. The van der Waals surface area contributed by atoms with Crippen LogP contribution in [0.25, 0.3) is 6.08 Å². The van der Waals surface area contributed by atoms with E-state index < -0.39 is 12.0 Å². The van der Waals surface area contributed by atoms with Crippen molar-refractivity contribution >= 4 is 34.7 Å². The molecule has 0 N–H and O–H groups in total. The highest BCUT2D eigenvalue weighted by atomic mass is 32.1. The summed E-state index contributed by atoms with van der Waals surface area (Å²) in [5.41, 5.74) is 2.52. The molecule has 37 heavy (non-hydrogen) atoms. The van der Waals surface area contributed by atoms with Gasteiger partial charge in [0.1, 0.15) is 12.6 Å². The van der Waals surface area contributed by atoms with E-state index in [4.69, 9.17) is 14.2 Å². The van der Waals surface area contributed by atoms with Crippen LogP contribution >= 0.6 is 22.7 Å². The molecule has 0 spiro atoms. The number of benzene rings is 2. The van der Waals surface area contributed by atoms with Crippen molar-refractivity contribution in [3.8, 4) is 11.5 Å². The number of fused-ring (bicyclic) bond motifs is 1. The van der Waals surface area contributed by atoms with Gasteiger partial charge in [-0.1, -0.05) is 53.8 Å². The van der Waals surface area contributed by atoms with E-state index in [2.05, 4.69) is 4.99 Å². The van der Waals surface area contributed by atoms with Crippen LogP contribution in [-0.4, -0.2) is 24.8 Å². The third kappa shape index (κ3) is 4.87. The molecule has 5 rings (SSSR count). The van der Waals surface area contributed by atoms with E-state index in [0.29, 0.717) is 38.7 Å². The molecular weight excluding hydrogens is 508 g/mol. The summed E-state index contributed by atoms with van der Waals surface area (Å²) < 4.78 is 18.6. The Balaban J connectivity index is 1.53. The second-order valence-corrected chi connectivity index (χ2v) is 10.3. The molecule has 4 aromatic rings. The molecule has 1 atom stereocenters. The van der Waals surface area contributed by atoms with Gasteiger partial charge in [0.2, 0.25) is 0 Å². The summed E-state index contributed by atoms with van der Waals surface area (Å²) in [7, 11) is 2.92. The van der Waals surface area contributed by atoms with Crippen LogP contribution in [0, 0.1) is 0 Å². The minimum absolute atomic E-state index is 0.223. The van der Waals surface area contributed by atoms with Gasteiger partial charge in [0, 0.05) is 4.88 Å². The Morgan fingerprint density at radius 1 is 1.08 bits per heavy atom. The van der Waals surface area contributed by atoms with Crippen LogP contribution < -0.4 is 24.4 Å². The summed E-state index contributed by atoms with van der Waals surface area (Å²) >= 11 is 2.76. The number of hydrogen-bond acceptors (Lipinski definition) is 8. The largest absolute Gasteiger partial charge is 0.493 e. The molecule has 2 aromatic carbocycles. The number of methoxy groups -OCH3 is 2. The van der Waals surface area contributed by atoms with Gasteiger partial charge in [0.05, 0.1) is 30.0 Å². The predicted octanol–water partition coefficient (Wildman–Crippen LogP) is 4.06. The topological polar surface area (TPSA) is 79.1 Å². The minimum Gasteiger partial charge on any atom is -0.493 e. The van der Waals surface area contributed by atoms with E-state index in [-0.39, 0.29) is 5.56 Å². The Kier molecular flexibility index (Phi) is 7.07. The highest BCUT2D eigenvalue weighted by molar-refractivity contribution is 7.10. The lowest BCUT2D eigenvalue weighted by atomic mass is 10.0. The van der Waals surface area contributed by atoms with Crippen LogP contribution in [0.5, 0.6) is 11.5 Å². The molecule has 0 amide bonds. The van der Waals surface area contributed by atoms with Gasteiger partial charge in [-0.05, 0) is 47.7 Å². The lowest BCUT2D eigenvalue weighted by Crippen LogP contribution is -2.39. The van der Waals surface area contributed by atoms with Crippen LogP contribution in [0.1, 0.15) is 29.0 Å². The van der Waals surface area contributed by atoms with Crippen LogP contribution in [0.2, 0.25) is 0 Å². The third-order valence-electron chi connectivity index (χ3n) is 5.96. The number of carbonyl (C=O) groups is 1. The normalized spacial score (nSPS) is 15.2. The van der Waals surface area contributed by atoms with Crippen molar-refractivity contribution in [1.29, 1.82) is 0 Å². The fraction of sp³-hybridized carbons (Fsp3) is 0.179. The molecule has 1 aliphatic rings. The Bertz CT molecular complexity index is 1650. The highest BCUT2D eigenvalue weighted by Gasteiger charge is 2.33. The van der Waals surface area contributed by atoms with Crippen LogP contribution in [0.3, 0.4) is 0 Å². The van der Waals surface area contributed by atoms with E-state index >= 15 is 0 Å². The molecule has 188 valence electrons. The molecule has 2 aromatic heterocycles. The number of hydrogen-bond donors (Lipinski definition) is 0. The zero-order valence-electron chi connectivity index (χ0n) is 20.5. The molecule has 1 unspecified atom stereocenters. The second kappa shape index (κ2) is 10.6. The fourth-order valence-electron chi connectivity index (χ4n) is 4.19. The number of rotatable bonds is 7. The highest BCUT2D eigenvalue weighted by Crippen LogP contribution is 2.33. The summed E-state index contributed by atoms with van der Waals surface area (Å²) in [4.78, 5) is 32.3. The van der Waals surface area contributed by atoms with E-state index in [1.807, 2.05) is 66.0 Å². The molecule has 3 heterocycles. The van der Waals surface area contributed by atoms with Crippen molar-refractivity contribution in [2.24, 2.45) is 4.99 Å². The molecule has 0 fully saturated rings. The van der Waals surface area contributed by atoms with Gasteiger partial charge >= 0.3 is 5.97 Å². The summed E-state index contributed by atoms with van der Waals surface area (Å²) in [6.07, 6.45) is 1.80. The average molecular weight is 533 g/mol. The van der Waals surface area contributed by atoms with Crippen LogP contribution in [0.4, 0.5) is 0 Å². The first-order valence-electron chi connectivity index (χ1n) is 11.5. The van der Waals surface area contributed by atoms with Crippen molar-refractivity contribution in [3.05, 3.63) is 113 Å². The predicted molar refractivity (Wildman–Crippen MR) is 144 cm³/mol. The standard InChI is InChI=1S/C28H24N2O5S2/c1-17-24(27(32)34-3)25(22-10-7-13-36-22)30-26(31)23(37-28(30)29-17)15-19-11-12-20(21(14-19)33-2)35-16-18-8-5-4-6-9-18/h4-15,25H,16H2,1-3H3/b23-15-. The number of thiazole rings is 1. The van der Waals surface area contributed by atoms with E-state index in [0.717, 1.165) is 16.0 Å². The zero-order valence-corrected chi connectivity index (χ0v) is 22.1. The van der Waals surface area contributed by atoms with E-state index in [1.54, 1.807) is 24.7 Å². The number of ether oxygens (including phenoxy) is 3. The van der Waals surface area contributed by atoms with Gasteiger partial charge in [0.15, 0.2) is 16.3 Å². The first-order valence-corrected chi connectivity index (χ1v) is 13.2.